The first-order chi connectivity index (χ1) is 15.9. The third-order valence-electron chi connectivity index (χ3n) is 4.97. The van der Waals surface area contributed by atoms with Gasteiger partial charge in [0.2, 0.25) is 5.91 Å². The van der Waals surface area contributed by atoms with Crippen LogP contribution in [0.4, 0.5) is 0 Å². The molecule has 0 saturated carbocycles. The summed E-state index contributed by atoms with van der Waals surface area (Å²) < 4.78 is 37.2. The van der Waals surface area contributed by atoms with E-state index in [1.165, 1.54) is 25.1 Å². The number of β-lactam (4-membered cyclic amide) rings is 1. The molecule has 0 radical (unpaired) electrons. The van der Waals surface area contributed by atoms with E-state index in [1.54, 1.807) is 0 Å². The number of ether oxygens (including phenoxy) is 1. The Morgan fingerprint density at radius 3 is 2.44 bits per heavy atom. The molecule has 2 atom stereocenters. The molecule has 0 bridgehead atoms. The number of carbonyl (C=O) groups excluding carboxylic acids is 4. The Morgan fingerprint density at radius 2 is 1.86 bits per heavy atom. The van der Waals surface area contributed by atoms with Crippen LogP contribution >= 0.6 is 11.8 Å². The molecule has 2 heterocycles. The van der Waals surface area contributed by atoms with Gasteiger partial charge in [-0.25, -0.2) is 4.79 Å². The van der Waals surface area contributed by atoms with Crippen molar-refractivity contribution in [3.8, 4) is 0 Å². The second-order valence-electron chi connectivity index (χ2n) is 7.51. The van der Waals surface area contributed by atoms with Crippen molar-refractivity contribution in [3.63, 3.8) is 0 Å². The number of thioether (sulfide) groups is 1. The fraction of sp³-hybridized carbons (Fsp3) is 0.350. The zero-order valence-corrected chi connectivity index (χ0v) is 25.3. The third kappa shape index (κ3) is 7.65. The van der Waals surface area contributed by atoms with Crippen molar-refractivity contribution in [2.24, 2.45) is 0 Å². The van der Waals surface area contributed by atoms with E-state index in [0.29, 0.717) is 0 Å². The van der Waals surface area contributed by atoms with Crippen LogP contribution < -0.4 is 64.4 Å². The number of carbonyl (C=O) groups is 5. The number of Topliss-reactive ketones (excluding diaryl/α,β-unsaturated/α-hetero) is 1. The van der Waals surface area contributed by atoms with Gasteiger partial charge in [-0.1, -0.05) is 18.2 Å². The predicted octanol–water partition coefficient (Wildman–Crippen LogP) is -6.03. The first-order valence-corrected chi connectivity index (χ1v) is 12.3. The van der Waals surface area contributed by atoms with Gasteiger partial charge in [0.15, 0.2) is 0 Å². The molecular weight excluding hydrogens is 538 g/mol. The van der Waals surface area contributed by atoms with Crippen LogP contribution in [0.5, 0.6) is 0 Å². The largest absolute Gasteiger partial charge is 1.00 e. The van der Waals surface area contributed by atoms with Crippen LogP contribution in [0.2, 0.25) is 0 Å². The Kier molecular flexibility index (Phi) is 12.3. The number of rotatable bonds is 9. The molecule has 16 heteroatoms. The average molecular weight is 561 g/mol. The second-order valence-corrected chi connectivity index (χ2v) is 10.0. The number of esters is 1. The van der Waals surface area contributed by atoms with Gasteiger partial charge in [0, 0.05) is 11.3 Å². The summed E-state index contributed by atoms with van der Waals surface area (Å²) in [4.78, 5) is 60.1. The molecular formula is C20H22N2Na2O10S2. The quantitative estimate of drug-likeness (QED) is 0.0859. The van der Waals surface area contributed by atoms with E-state index in [0.717, 1.165) is 22.7 Å². The van der Waals surface area contributed by atoms with Gasteiger partial charge in [0.25, 0.3) is 16.0 Å². The summed E-state index contributed by atoms with van der Waals surface area (Å²) in [6.07, 6.45) is -0.890. The maximum absolute atomic E-state index is 12.7. The van der Waals surface area contributed by atoms with E-state index in [9.17, 15) is 42.0 Å². The number of benzene rings is 1. The molecule has 2 aliphatic rings. The monoisotopic (exact) mass is 560 g/mol. The van der Waals surface area contributed by atoms with Crippen LogP contribution in [0.1, 0.15) is 21.8 Å². The summed E-state index contributed by atoms with van der Waals surface area (Å²) >= 11 is 1.15. The number of ketones is 1. The molecule has 1 fully saturated rings. The standard InChI is InChI=1S/C20H20N2O10S2.2Na.2H/c1-10(23)6-15(25)32-8-12-9-33-19-16(18(26)22(19)17(12)20(27)28)21-14(24)7-11-4-2-3-5-13(11)34(29,30)31;;;;/h2-5,16,19H,6-9H2,1H3,(H,21,24)(H,27,28)(H,29,30,31);;;;/q;2*+1;2*-1/t16-,19-;;;;/m1..../s1. The Labute approximate surface area is 257 Å². The third-order valence-corrected chi connectivity index (χ3v) is 7.26. The Bertz CT molecular complexity index is 1230. The van der Waals surface area contributed by atoms with Gasteiger partial charge in [0.1, 0.15) is 35.9 Å². The van der Waals surface area contributed by atoms with Crippen molar-refractivity contribution in [1.29, 1.82) is 0 Å². The van der Waals surface area contributed by atoms with E-state index < -0.39 is 75.4 Å². The van der Waals surface area contributed by atoms with Crippen molar-refractivity contribution < 1.29 is 109 Å². The zero-order valence-electron chi connectivity index (χ0n) is 21.7. The minimum Gasteiger partial charge on any atom is -1.00 e. The average Bonchev–Trinajstić information content (AvgIpc) is 2.74. The molecule has 0 spiro atoms. The number of carboxylic acid groups (broad SMARTS) is 1. The van der Waals surface area contributed by atoms with E-state index in [4.69, 9.17) is 4.74 Å². The zero-order chi connectivity index (χ0) is 25.2. The van der Waals surface area contributed by atoms with Gasteiger partial charge in [-0.3, -0.25) is 28.6 Å². The van der Waals surface area contributed by atoms with Crippen molar-refractivity contribution in [1.82, 2.24) is 10.2 Å². The van der Waals surface area contributed by atoms with E-state index in [1.807, 2.05) is 0 Å². The van der Waals surface area contributed by atoms with Gasteiger partial charge in [-0.05, 0) is 18.6 Å². The number of hydrogen-bond acceptors (Lipinski definition) is 9. The Morgan fingerprint density at radius 1 is 1.22 bits per heavy atom. The van der Waals surface area contributed by atoms with E-state index in [2.05, 4.69) is 5.32 Å². The molecule has 12 nitrogen and oxygen atoms in total. The van der Waals surface area contributed by atoms with Gasteiger partial charge in [0.05, 0.1) is 11.3 Å². The summed E-state index contributed by atoms with van der Waals surface area (Å²) in [5.74, 6) is -3.93. The van der Waals surface area contributed by atoms with Gasteiger partial charge < -0.3 is 18.0 Å². The topological polar surface area (TPSA) is 184 Å². The first-order valence-electron chi connectivity index (χ1n) is 9.80. The summed E-state index contributed by atoms with van der Waals surface area (Å²) in [6, 6.07) is 4.30. The van der Waals surface area contributed by atoms with Crippen LogP contribution in [-0.2, 0) is 45.2 Å². The summed E-state index contributed by atoms with van der Waals surface area (Å²) in [7, 11) is -4.56. The van der Waals surface area contributed by atoms with Crippen molar-refractivity contribution in [3.05, 3.63) is 41.1 Å². The number of fused-ring (bicyclic) bond motifs is 1. The molecule has 36 heavy (non-hydrogen) atoms. The SMILES string of the molecule is CC(=O)CC(=O)OCC1=C(C(=O)O)N2C(=O)[C@@H](NC(=O)Cc3ccccc3S(=O)(=O)O)[C@H]2SC1.[H-].[H-].[Na+].[Na+]. The van der Waals surface area contributed by atoms with Crippen LogP contribution in [0.25, 0.3) is 0 Å². The van der Waals surface area contributed by atoms with Crippen molar-refractivity contribution >= 4 is 51.4 Å². The second kappa shape index (κ2) is 13.5. The van der Waals surface area contributed by atoms with E-state index >= 15 is 0 Å². The number of nitrogens with one attached hydrogen (secondary N) is 1. The minimum absolute atomic E-state index is 0. The smallest absolute Gasteiger partial charge is 1.00 e. The van der Waals surface area contributed by atoms with Crippen LogP contribution in [-0.4, -0.2) is 76.3 Å². The van der Waals surface area contributed by atoms with Crippen molar-refractivity contribution in [2.75, 3.05) is 12.4 Å². The first kappa shape index (κ1) is 32.8. The van der Waals surface area contributed by atoms with Crippen LogP contribution in [0, 0.1) is 0 Å². The Balaban J connectivity index is 0. The molecule has 2 amide bonds. The number of hydrogen-bond donors (Lipinski definition) is 3. The fourth-order valence-corrected chi connectivity index (χ4v) is 5.56. The minimum atomic E-state index is -4.56. The molecule has 1 aromatic rings. The summed E-state index contributed by atoms with van der Waals surface area (Å²) in [6.45, 7) is 0.805. The number of carboxylic acids is 1. The van der Waals surface area contributed by atoms with Gasteiger partial charge in [-0.15, -0.1) is 11.8 Å². The van der Waals surface area contributed by atoms with Gasteiger partial charge >= 0.3 is 71.1 Å². The van der Waals surface area contributed by atoms with Crippen LogP contribution in [0.3, 0.4) is 0 Å². The summed E-state index contributed by atoms with van der Waals surface area (Å²) in [5, 5.41) is 11.4. The Hall–Kier alpha value is -1.23. The molecule has 3 rings (SSSR count). The molecule has 0 unspecified atom stereocenters. The molecule has 2 aliphatic heterocycles. The van der Waals surface area contributed by atoms with Crippen LogP contribution in [0.15, 0.2) is 40.4 Å². The number of amides is 2. The van der Waals surface area contributed by atoms with Gasteiger partial charge in [-0.2, -0.15) is 8.42 Å². The van der Waals surface area contributed by atoms with Crippen molar-refractivity contribution in [2.45, 2.75) is 36.1 Å². The maximum Gasteiger partial charge on any atom is 1.00 e. The normalized spacial score (nSPS) is 18.6. The molecule has 0 aliphatic carbocycles. The predicted molar refractivity (Wildman–Crippen MR) is 118 cm³/mol. The van der Waals surface area contributed by atoms with E-state index in [-0.39, 0.29) is 84.6 Å². The molecule has 0 aromatic heterocycles. The fourth-order valence-electron chi connectivity index (χ4n) is 3.52. The molecule has 1 aromatic carbocycles. The molecule has 1 saturated heterocycles. The number of aliphatic carboxylic acids is 1. The summed E-state index contributed by atoms with van der Waals surface area (Å²) in [5.41, 5.74) is -0.152. The maximum atomic E-state index is 12.7. The molecule has 3 N–H and O–H groups in total. The molecule has 186 valence electrons. The number of nitrogens with zero attached hydrogens (tertiary/aromatic N) is 1.